The fraction of sp³-hybridized carbons (Fsp3) is 0.300. The summed E-state index contributed by atoms with van der Waals surface area (Å²) in [6.45, 7) is 0.642. The highest BCUT2D eigenvalue weighted by molar-refractivity contribution is 9.10. The second kappa shape index (κ2) is 4.99. The van der Waals surface area contributed by atoms with Crippen LogP contribution in [-0.4, -0.2) is 17.1 Å². The standard InChI is InChI=1S/C10H11BrN2O2S/c1-13(3-9-2-7(11)6-16-9)10-12-8(4-14)5-15-10/h2,5-6,14H,3-4H2,1H3. The Morgan fingerprint density at radius 1 is 1.62 bits per heavy atom. The van der Waals surface area contributed by atoms with Crippen LogP contribution in [0.1, 0.15) is 10.6 Å². The van der Waals surface area contributed by atoms with Crippen LogP contribution in [-0.2, 0) is 13.2 Å². The van der Waals surface area contributed by atoms with Crippen LogP contribution in [0.3, 0.4) is 0 Å². The molecule has 6 heteroatoms. The van der Waals surface area contributed by atoms with Gasteiger partial charge in [0.05, 0.1) is 13.2 Å². The van der Waals surface area contributed by atoms with E-state index >= 15 is 0 Å². The van der Waals surface area contributed by atoms with Crippen LogP contribution >= 0.6 is 27.3 Å². The molecule has 0 saturated heterocycles. The van der Waals surface area contributed by atoms with Gasteiger partial charge in [-0.1, -0.05) is 0 Å². The first-order valence-electron chi connectivity index (χ1n) is 4.68. The van der Waals surface area contributed by atoms with Crippen molar-refractivity contribution in [3.05, 3.63) is 32.8 Å². The Balaban J connectivity index is 2.05. The van der Waals surface area contributed by atoms with Crippen LogP contribution in [0.2, 0.25) is 0 Å². The Kier molecular flexibility index (Phi) is 3.63. The fourth-order valence-electron chi connectivity index (χ4n) is 1.28. The minimum atomic E-state index is -0.0953. The highest BCUT2D eigenvalue weighted by atomic mass is 79.9. The predicted octanol–water partition coefficient (Wildman–Crippen LogP) is 2.63. The number of hydrogen-bond acceptors (Lipinski definition) is 5. The van der Waals surface area contributed by atoms with E-state index in [1.807, 2.05) is 17.3 Å². The van der Waals surface area contributed by atoms with E-state index in [9.17, 15) is 0 Å². The molecule has 0 fully saturated rings. The molecule has 2 rings (SSSR count). The molecule has 0 aliphatic carbocycles. The number of aliphatic hydroxyl groups excluding tert-OH is 1. The lowest BCUT2D eigenvalue weighted by atomic mass is 10.4. The average molecular weight is 303 g/mol. The first-order valence-corrected chi connectivity index (χ1v) is 6.35. The number of anilines is 1. The second-order valence-corrected chi connectivity index (χ2v) is 5.28. The van der Waals surface area contributed by atoms with E-state index in [0.717, 1.165) is 11.0 Å². The molecule has 16 heavy (non-hydrogen) atoms. The van der Waals surface area contributed by atoms with Gasteiger partial charge in [0.2, 0.25) is 0 Å². The van der Waals surface area contributed by atoms with E-state index in [1.165, 1.54) is 11.1 Å². The molecule has 0 spiro atoms. The van der Waals surface area contributed by atoms with Gasteiger partial charge in [0.15, 0.2) is 0 Å². The van der Waals surface area contributed by atoms with E-state index in [1.54, 1.807) is 11.3 Å². The average Bonchev–Trinajstić information content (AvgIpc) is 2.87. The molecule has 0 saturated carbocycles. The van der Waals surface area contributed by atoms with Gasteiger partial charge in [-0.2, -0.15) is 4.98 Å². The van der Waals surface area contributed by atoms with Gasteiger partial charge in [-0.25, -0.2) is 0 Å². The third-order valence-corrected chi connectivity index (χ3v) is 3.73. The van der Waals surface area contributed by atoms with E-state index in [4.69, 9.17) is 9.52 Å². The van der Waals surface area contributed by atoms with Gasteiger partial charge < -0.3 is 14.4 Å². The molecule has 86 valence electrons. The molecule has 0 bridgehead atoms. The largest absolute Gasteiger partial charge is 0.432 e. The van der Waals surface area contributed by atoms with Crippen LogP contribution in [0, 0.1) is 0 Å². The molecular weight excluding hydrogens is 292 g/mol. The minimum Gasteiger partial charge on any atom is -0.432 e. The monoisotopic (exact) mass is 302 g/mol. The van der Waals surface area contributed by atoms with Crippen LogP contribution in [0.4, 0.5) is 6.01 Å². The SMILES string of the molecule is CN(Cc1cc(Br)cs1)c1nc(CO)co1. The molecule has 0 amide bonds. The molecule has 4 nitrogen and oxygen atoms in total. The first-order chi connectivity index (χ1) is 7.69. The highest BCUT2D eigenvalue weighted by Gasteiger charge is 2.10. The van der Waals surface area contributed by atoms with Crippen molar-refractivity contribution in [3.63, 3.8) is 0 Å². The number of aromatic nitrogens is 1. The zero-order valence-corrected chi connectivity index (χ0v) is 11.1. The van der Waals surface area contributed by atoms with Gasteiger partial charge in [0.25, 0.3) is 6.01 Å². The first kappa shape index (κ1) is 11.6. The zero-order valence-electron chi connectivity index (χ0n) is 8.68. The van der Waals surface area contributed by atoms with Gasteiger partial charge in [0.1, 0.15) is 12.0 Å². The van der Waals surface area contributed by atoms with E-state index in [0.29, 0.717) is 11.7 Å². The Morgan fingerprint density at radius 3 is 3.00 bits per heavy atom. The minimum absolute atomic E-state index is 0.0953. The zero-order chi connectivity index (χ0) is 11.5. The van der Waals surface area contributed by atoms with E-state index < -0.39 is 0 Å². The normalized spacial score (nSPS) is 10.7. The Morgan fingerprint density at radius 2 is 2.44 bits per heavy atom. The maximum absolute atomic E-state index is 8.88. The summed E-state index contributed by atoms with van der Waals surface area (Å²) in [4.78, 5) is 7.25. The highest BCUT2D eigenvalue weighted by Crippen LogP contribution is 2.22. The summed E-state index contributed by atoms with van der Waals surface area (Å²) in [5.41, 5.74) is 0.550. The van der Waals surface area contributed by atoms with Crippen molar-refractivity contribution >= 4 is 33.3 Å². The van der Waals surface area contributed by atoms with Crippen molar-refractivity contribution < 1.29 is 9.52 Å². The lowest BCUT2D eigenvalue weighted by Crippen LogP contribution is -2.15. The smallest absolute Gasteiger partial charge is 0.297 e. The van der Waals surface area contributed by atoms with Gasteiger partial charge in [-0.05, 0) is 22.0 Å². The molecule has 0 atom stereocenters. The van der Waals surface area contributed by atoms with Crippen LogP contribution in [0.25, 0.3) is 0 Å². The molecule has 0 aliphatic heterocycles. The van der Waals surface area contributed by atoms with Gasteiger partial charge in [-0.15, -0.1) is 11.3 Å². The number of thiophene rings is 1. The van der Waals surface area contributed by atoms with Gasteiger partial charge in [0, 0.05) is 21.8 Å². The second-order valence-electron chi connectivity index (χ2n) is 3.37. The topological polar surface area (TPSA) is 49.5 Å². The summed E-state index contributed by atoms with van der Waals surface area (Å²) < 4.78 is 6.33. The Labute approximate surface area is 106 Å². The maximum Gasteiger partial charge on any atom is 0.297 e. The Bertz CT molecular complexity index is 469. The molecule has 1 N–H and O–H groups in total. The number of hydrogen-bond donors (Lipinski definition) is 1. The third-order valence-electron chi connectivity index (χ3n) is 2.04. The summed E-state index contributed by atoms with van der Waals surface area (Å²) in [5.74, 6) is 0. The molecule has 0 aliphatic rings. The quantitative estimate of drug-likeness (QED) is 0.943. The summed E-state index contributed by atoms with van der Waals surface area (Å²) >= 11 is 5.09. The molecule has 0 radical (unpaired) electrons. The van der Waals surface area contributed by atoms with Crippen LogP contribution < -0.4 is 4.90 Å². The number of nitrogens with zero attached hydrogens (tertiary/aromatic N) is 2. The van der Waals surface area contributed by atoms with E-state index in [2.05, 4.69) is 27.0 Å². The van der Waals surface area contributed by atoms with Crippen molar-refractivity contribution in [1.82, 2.24) is 4.98 Å². The van der Waals surface area contributed by atoms with Crippen molar-refractivity contribution in [2.45, 2.75) is 13.2 Å². The van der Waals surface area contributed by atoms with Crippen LogP contribution in [0.5, 0.6) is 0 Å². The van der Waals surface area contributed by atoms with E-state index in [-0.39, 0.29) is 6.61 Å². The lowest BCUT2D eigenvalue weighted by Gasteiger charge is -2.12. The summed E-state index contributed by atoms with van der Waals surface area (Å²) in [5, 5.41) is 10.9. The van der Waals surface area contributed by atoms with Crippen LogP contribution in [0.15, 0.2) is 26.6 Å². The van der Waals surface area contributed by atoms with Gasteiger partial charge in [-0.3, -0.25) is 0 Å². The number of aliphatic hydroxyl groups is 1. The number of oxazole rings is 1. The molecule has 0 aromatic carbocycles. The summed E-state index contributed by atoms with van der Waals surface area (Å²) in [7, 11) is 1.90. The van der Waals surface area contributed by atoms with Crippen molar-refractivity contribution in [1.29, 1.82) is 0 Å². The summed E-state index contributed by atoms with van der Waals surface area (Å²) in [6.07, 6.45) is 1.47. The molecule has 2 aromatic heterocycles. The van der Waals surface area contributed by atoms with Crippen molar-refractivity contribution in [3.8, 4) is 0 Å². The fourth-order valence-corrected chi connectivity index (χ4v) is 2.79. The summed E-state index contributed by atoms with van der Waals surface area (Å²) in [6, 6.07) is 2.59. The van der Waals surface area contributed by atoms with Crippen molar-refractivity contribution in [2.75, 3.05) is 11.9 Å². The van der Waals surface area contributed by atoms with Gasteiger partial charge >= 0.3 is 0 Å². The predicted molar refractivity (Wildman–Crippen MR) is 66.6 cm³/mol. The van der Waals surface area contributed by atoms with Crippen molar-refractivity contribution in [2.24, 2.45) is 0 Å². The number of rotatable bonds is 4. The Hall–Kier alpha value is -0.850. The molecule has 2 aromatic rings. The molecule has 0 unspecified atom stereocenters. The lowest BCUT2D eigenvalue weighted by molar-refractivity contribution is 0.276. The number of halogens is 1. The maximum atomic E-state index is 8.88. The molecule has 2 heterocycles. The third kappa shape index (κ3) is 2.63. The molecular formula is C10H11BrN2O2S.